The minimum Gasteiger partial charge on any atom is -0.374 e. The van der Waals surface area contributed by atoms with Gasteiger partial charge in [-0.1, -0.05) is 38.7 Å². The van der Waals surface area contributed by atoms with E-state index in [9.17, 15) is 0 Å². The van der Waals surface area contributed by atoms with Crippen LogP contribution in [0.1, 0.15) is 52.4 Å². The van der Waals surface area contributed by atoms with Crippen LogP contribution in [0.5, 0.6) is 0 Å². The molecule has 0 bridgehead atoms. The van der Waals surface area contributed by atoms with E-state index in [4.69, 9.17) is 4.74 Å². The topological polar surface area (TPSA) is 9.23 Å². The van der Waals surface area contributed by atoms with Crippen molar-refractivity contribution in [2.24, 2.45) is 5.92 Å². The van der Waals surface area contributed by atoms with Gasteiger partial charge in [-0.15, -0.1) is 0 Å². The van der Waals surface area contributed by atoms with E-state index in [-0.39, 0.29) is 6.10 Å². The third kappa shape index (κ3) is 3.83. The maximum Gasteiger partial charge on any atom is 0.0754 e. The predicted molar refractivity (Wildman–Crippen MR) is 61.4 cm³/mol. The molecule has 1 aliphatic carbocycles. The summed E-state index contributed by atoms with van der Waals surface area (Å²) in [5.74, 6) is 0.888. The first kappa shape index (κ1) is 11.8. The third-order valence-electron chi connectivity index (χ3n) is 3.27. The zero-order valence-electron chi connectivity index (χ0n) is 9.72. The van der Waals surface area contributed by atoms with Crippen molar-refractivity contribution in [3.05, 3.63) is 12.2 Å². The van der Waals surface area contributed by atoms with Gasteiger partial charge in [0.2, 0.25) is 0 Å². The lowest BCUT2D eigenvalue weighted by Crippen LogP contribution is -2.15. The standard InChI is InChI=1S/C13H24O/c1-4-14-12(3)11(2)10-13-8-6-5-7-9-13/h12-13H,2,4-10H2,1,3H3. The van der Waals surface area contributed by atoms with E-state index in [2.05, 4.69) is 13.5 Å². The molecule has 0 radical (unpaired) electrons. The summed E-state index contributed by atoms with van der Waals surface area (Å²) in [7, 11) is 0. The summed E-state index contributed by atoms with van der Waals surface area (Å²) in [5, 5.41) is 0. The van der Waals surface area contributed by atoms with Crippen molar-refractivity contribution in [3.8, 4) is 0 Å². The molecular formula is C13H24O. The second-order valence-electron chi connectivity index (χ2n) is 4.46. The summed E-state index contributed by atoms with van der Waals surface area (Å²) in [4.78, 5) is 0. The van der Waals surface area contributed by atoms with Crippen LogP contribution in [0.15, 0.2) is 12.2 Å². The highest BCUT2D eigenvalue weighted by molar-refractivity contribution is 5.02. The molecule has 1 heteroatoms. The zero-order valence-corrected chi connectivity index (χ0v) is 9.72. The Labute approximate surface area is 88.5 Å². The molecule has 1 aliphatic rings. The van der Waals surface area contributed by atoms with Gasteiger partial charge < -0.3 is 4.74 Å². The molecule has 0 heterocycles. The van der Waals surface area contributed by atoms with Crippen LogP contribution in [0.2, 0.25) is 0 Å². The Morgan fingerprint density at radius 2 is 2.00 bits per heavy atom. The quantitative estimate of drug-likeness (QED) is 0.605. The number of rotatable bonds is 5. The molecule has 14 heavy (non-hydrogen) atoms. The van der Waals surface area contributed by atoms with Crippen LogP contribution < -0.4 is 0 Å². The molecule has 1 fully saturated rings. The zero-order chi connectivity index (χ0) is 10.4. The first-order chi connectivity index (χ1) is 6.74. The molecule has 0 spiro atoms. The van der Waals surface area contributed by atoms with Gasteiger partial charge in [0.15, 0.2) is 0 Å². The van der Waals surface area contributed by atoms with E-state index in [1.807, 2.05) is 6.92 Å². The average molecular weight is 196 g/mol. The molecule has 1 unspecified atom stereocenters. The van der Waals surface area contributed by atoms with Gasteiger partial charge in [0.05, 0.1) is 6.10 Å². The highest BCUT2D eigenvalue weighted by Crippen LogP contribution is 2.29. The molecule has 0 aromatic carbocycles. The van der Waals surface area contributed by atoms with Crippen LogP contribution in [0.25, 0.3) is 0 Å². The van der Waals surface area contributed by atoms with E-state index in [1.54, 1.807) is 0 Å². The van der Waals surface area contributed by atoms with E-state index in [0.717, 1.165) is 12.5 Å². The van der Waals surface area contributed by atoms with Gasteiger partial charge in [0.1, 0.15) is 0 Å². The van der Waals surface area contributed by atoms with Crippen molar-refractivity contribution in [2.45, 2.75) is 58.5 Å². The van der Waals surface area contributed by atoms with Crippen LogP contribution in [0.4, 0.5) is 0 Å². The van der Waals surface area contributed by atoms with Crippen molar-refractivity contribution in [1.29, 1.82) is 0 Å². The molecule has 0 aromatic heterocycles. The molecule has 0 aliphatic heterocycles. The summed E-state index contributed by atoms with van der Waals surface area (Å²) >= 11 is 0. The Morgan fingerprint density at radius 3 is 2.57 bits per heavy atom. The van der Waals surface area contributed by atoms with Crippen molar-refractivity contribution >= 4 is 0 Å². The van der Waals surface area contributed by atoms with Crippen molar-refractivity contribution in [3.63, 3.8) is 0 Å². The molecule has 0 N–H and O–H groups in total. The molecule has 0 saturated heterocycles. The lowest BCUT2D eigenvalue weighted by Gasteiger charge is -2.24. The van der Waals surface area contributed by atoms with Crippen LogP contribution in [0, 0.1) is 5.92 Å². The van der Waals surface area contributed by atoms with Crippen LogP contribution in [0.3, 0.4) is 0 Å². The van der Waals surface area contributed by atoms with E-state index in [0.29, 0.717) is 0 Å². The number of hydrogen-bond donors (Lipinski definition) is 0. The second kappa shape index (κ2) is 6.23. The minimum atomic E-state index is 0.252. The van der Waals surface area contributed by atoms with Crippen LogP contribution in [-0.2, 0) is 4.74 Å². The fraction of sp³-hybridized carbons (Fsp3) is 0.846. The first-order valence-corrected chi connectivity index (χ1v) is 6.03. The van der Waals surface area contributed by atoms with Gasteiger partial charge in [-0.3, -0.25) is 0 Å². The predicted octanol–water partition coefficient (Wildman–Crippen LogP) is 3.94. The molecule has 1 rings (SSSR count). The van der Waals surface area contributed by atoms with E-state index >= 15 is 0 Å². The summed E-state index contributed by atoms with van der Waals surface area (Å²) < 4.78 is 5.55. The SMILES string of the molecule is C=C(CC1CCCCC1)C(C)OCC. The smallest absolute Gasteiger partial charge is 0.0754 e. The molecule has 0 aromatic rings. The van der Waals surface area contributed by atoms with Gasteiger partial charge >= 0.3 is 0 Å². The molecule has 0 amide bonds. The Hall–Kier alpha value is -0.300. The maximum absolute atomic E-state index is 5.55. The average Bonchev–Trinajstić information content (AvgIpc) is 2.19. The fourth-order valence-electron chi connectivity index (χ4n) is 2.30. The molecule has 1 saturated carbocycles. The van der Waals surface area contributed by atoms with E-state index in [1.165, 1.54) is 44.1 Å². The Morgan fingerprint density at radius 1 is 1.36 bits per heavy atom. The van der Waals surface area contributed by atoms with Gasteiger partial charge in [0, 0.05) is 6.61 Å². The van der Waals surface area contributed by atoms with Gasteiger partial charge in [-0.25, -0.2) is 0 Å². The van der Waals surface area contributed by atoms with Crippen LogP contribution >= 0.6 is 0 Å². The van der Waals surface area contributed by atoms with Crippen molar-refractivity contribution < 1.29 is 4.74 Å². The van der Waals surface area contributed by atoms with Crippen LogP contribution in [-0.4, -0.2) is 12.7 Å². The number of ether oxygens (including phenoxy) is 1. The monoisotopic (exact) mass is 196 g/mol. The molecule has 82 valence electrons. The Balaban J connectivity index is 2.24. The third-order valence-corrected chi connectivity index (χ3v) is 3.27. The molecule has 1 nitrogen and oxygen atoms in total. The lowest BCUT2D eigenvalue weighted by molar-refractivity contribution is 0.0965. The fourth-order valence-corrected chi connectivity index (χ4v) is 2.30. The highest BCUT2D eigenvalue weighted by atomic mass is 16.5. The Kier molecular flexibility index (Phi) is 5.24. The summed E-state index contributed by atoms with van der Waals surface area (Å²) in [6.45, 7) is 9.10. The summed E-state index contributed by atoms with van der Waals surface area (Å²) in [5.41, 5.74) is 1.29. The minimum absolute atomic E-state index is 0.252. The van der Waals surface area contributed by atoms with Crippen molar-refractivity contribution in [1.82, 2.24) is 0 Å². The second-order valence-corrected chi connectivity index (χ2v) is 4.46. The largest absolute Gasteiger partial charge is 0.374 e. The molecule has 1 atom stereocenters. The summed E-state index contributed by atoms with van der Waals surface area (Å²) in [6, 6.07) is 0. The number of hydrogen-bond acceptors (Lipinski definition) is 1. The van der Waals surface area contributed by atoms with E-state index < -0.39 is 0 Å². The normalized spacial score (nSPS) is 20.7. The summed E-state index contributed by atoms with van der Waals surface area (Å²) in [6.07, 6.45) is 8.50. The van der Waals surface area contributed by atoms with Gasteiger partial charge in [-0.05, 0) is 31.8 Å². The lowest BCUT2D eigenvalue weighted by atomic mass is 9.84. The maximum atomic E-state index is 5.55. The van der Waals surface area contributed by atoms with Crippen molar-refractivity contribution in [2.75, 3.05) is 6.61 Å². The van der Waals surface area contributed by atoms with Gasteiger partial charge in [-0.2, -0.15) is 0 Å². The highest BCUT2D eigenvalue weighted by Gasteiger charge is 2.16. The van der Waals surface area contributed by atoms with Gasteiger partial charge in [0.25, 0.3) is 0 Å². The first-order valence-electron chi connectivity index (χ1n) is 6.03. The molecular weight excluding hydrogens is 172 g/mol. The Bertz CT molecular complexity index is 168.